The first-order valence-corrected chi connectivity index (χ1v) is 3.72. The molecular weight excluding hydrogens is 108 g/mol. The van der Waals surface area contributed by atoms with Crippen molar-refractivity contribution in [3.8, 4) is 0 Å². The molecule has 9 heavy (non-hydrogen) atoms. The van der Waals surface area contributed by atoms with E-state index < -0.39 is 0 Å². The lowest BCUT2D eigenvalue weighted by Crippen LogP contribution is -2.04. The molecule has 0 aromatic carbocycles. The summed E-state index contributed by atoms with van der Waals surface area (Å²) in [5, 5.41) is 0. The summed E-state index contributed by atoms with van der Waals surface area (Å²) in [6.07, 6.45) is 2.20. The molecule has 0 aliphatic carbocycles. The smallest absolute Gasteiger partial charge is 0.0211 e. The molecule has 0 aliphatic heterocycles. The van der Waals surface area contributed by atoms with Gasteiger partial charge in [-0.15, -0.1) is 0 Å². The number of allylic oxidation sites excluding steroid dienone is 2. The Hall–Kier alpha value is -0.260. The molecule has 0 saturated heterocycles. The lowest BCUT2D eigenvalue weighted by Gasteiger charge is -2.15. The minimum absolute atomic E-state index is 0.745. The quantitative estimate of drug-likeness (QED) is 0.498. The fraction of sp³-hybridized carbons (Fsp3) is 0.778. The van der Waals surface area contributed by atoms with Gasteiger partial charge in [-0.25, -0.2) is 0 Å². The van der Waals surface area contributed by atoms with Crippen LogP contribution in [0, 0.1) is 11.8 Å². The van der Waals surface area contributed by atoms with Crippen LogP contribution in [0.25, 0.3) is 0 Å². The minimum atomic E-state index is 0.745. The molecule has 0 heterocycles. The maximum atomic E-state index is 2.28. The van der Waals surface area contributed by atoms with Crippen LogP contribution in [0.1, 0.15) is 34.6 Å². The lowest BCUT2D eigenvalue weighted by atomic mass is 9.91. The molecule has 0 unspecified atom stereocenters. The van der Waals surface area contributed by atoms with Gasteiger partial charge in [0.1, 0.15) is 0 Å². The Bertz CT molecular complexity index is 98.6. The highest BCUT2D eigenvalue weighted by atomic mass is 14.1. The molecule has 0 spiro atoms. The van der Waals surface area contributed by atoms with Gasteiger partial charge in [-0.05, 0) is 25.7 Å². The van der Waals surface area contributed by atoms with E-state index in [0.29, 0.717) is 0 Å². The van der Waals surface area contributed by atoms with E-state index >= 15 is 0 Å². The monoisotopic (exact) mass is 126 g/mol. The van der Waals surface area contributed by atoms with E-state index in [1.165, 1.54) is 5.57 Å². The first-order valence-electron chi connectivity index (χ1n) is 3.72. The van der Waals surface area contributed by atoms with Crippen molar-refractivity contribution < 1.29 is 0 Å². The van der Waals surface area contributed by atoms with Gasteiger partial charge in [0.2, 0.25) is 0 Å². The van der Waals surface area contributed by atoms with Crippen molar-refractivity contribution in [1.82, 2.24) is 0 Å². The Morgan fingerprint density at radius 2 is 1.67 bits per heavy atom. The van der Waals surface area contributed by atoms with E-state index in [4.69, 9.17) is 0 Å². The van der Waals surface area contributed by atoms with Crippen LogP contribution >= 0.6 is 0 Å². The molecule has 0 rings (SSSR count). The Kier molecular flexibility index (Phi) is 3.60. The second-order valence-electron chi connectivity index (χ2n) is 3.07. The first-order chi connectivity index (χ1) is 4.09. The molecule has 54 valence electrons. The standard InChI is InChI=1S/C9H18/c1-6-8(4)9(5)7(2)3/h6-7,9H,1-5H3/b8-6+/t9-/m0/s1. The van der Waals surface area contributed by atoms with E-state index in [0.717, 1.165) is 11.8 Å². The molecule has 0 aromatic heterocycles. The normalized spacial score (nSPS) is 16.4. The molecule has 0 aliphatic rings. The van der Waals surface area contributed by atoms with Crippen molar-refractivity contribution in [2.75, 3.05) is 0 Å². The van der Waals surface area contributed by atoms with Gasteiger partial charge in [0, 0.05) is 0 Å². The fourth-order valence-corrected chi connectivity index (χ4v) is 0.789. The van der Waals surface area contributed by atoms with Gasteiger partial charge in [-0.2, -0.15) is 0 Å². The van der Waals surface area contributed by atoms with E-state index in [2.05, 4.69) is 40.7 Å². The zero-order valence-corrected chi connectivity index (χ0v) is 7.23. The molecule has 0 saturated carbocycles. The third kappa shape index (κ3) is 2.69. The number of hydrogen-bond acceptors (Lipinski definition) is 0. The molecule has 0 radical (unpaired) electrons. The zero-order valence-electron chi connectivity index (χ0n) is 7.23. The highest BCUT2D eigenvalue weighted by Gasteiger charge is 2.06. The average molecular weight is 126 g/mol. The largest absolute Gasteiger partial charge is 0.0885 e. The third-order valence-corrected chi connectivity index (χ3v) is 2.17. The summed E-state index contributed by atoms with van der Waals surface area (Å²) >= 11 is 0. The summed E-state index contributed by atoms with van der Waals surface area (Å²) in [6.45, 7) is 11.1. The average Bonchev–Trinajstić information content (AvgIpc) is 1.84. The van der Waals surface area contributed by atoms with Crippen molar-refractivity contribution in [3.63, 3.8) is 0 Å². The summed E-state index contributed by atoms with van der Waals surface area (Å²) in [5.41, 5.74) is 1.50. The summed E-state index contributed by atoms with van der Waals surface area (Å²) < 4.78 is 0. The van der Waals surface area contributed by atoms with E-state index in [1.807, 2.05) is 0 Å². The lowest BCUT2D eigenvalue weighted by molar-refractivity contribution is 0.479. The van der Waals surface area contributed by atoms with E-state index in [9.17, 15) is 0 Å². The maximum absolute atomic E-state index is 2.28. The highest BCUT2D eigenvalue weighted by molar-refractivity contribution is 5.00. The van der Waals surface area contributed by atoms with Crippen molar-refractivity contribution in [1.29, 1.82) is 0 Å². The molecule has 0 amide bonds. The molecule has 0 N–H and O–H groups in total. The second-order valence-corrected chi connectivity index (χ2v) is 3.07. The van der Waals surface area contributed by atoms with Crippen LogP contribution in [0.5, 0.6) is 0 Å². The molecule has 0 nitrogen and oxygen atoms in total. The summed E-state index contributed by atoms with van der Waals surface area (Å²) in [7, 11) is 0. The number of rotatable bonds is 2. The predicted octanol–water partition coefficient (Wildman–Crippen LogP) is 3.24. The summed E-state index contributed by atoms with van der Waals surface area (Å²) in [5.74, 6) is 1.52. The van der Waals surface area contributed by atoms with Gasteiger partial charge in [0.15, 0.2) is 0 Å². The Balaban J connectivity index is 3.88. The Labute approximate surface area is 59.0 Å². The van der Waals surface area contributed by atoms with Crippen molar-refractivity contribution >= 4 is 0 Å². The van der Waals surface area contributed by atoms with Gasteiger partial charge in [-0.3, -0.25) is 0 Å². The maximum Gasteiger partial charge on any atom is -0.0211 e. The van der Waals surface area contributed by atoms with Crippen LogP contribution < -0.4 is 0 Å². The Morgan fingerprint density at radius 1 is 1.22 bits per heavy atom. The van der Waals surface area contributed by atoms with Gasteiger partial charge in [-0.1, -0.05) is 32.4 Å². The molecule has 0 fully saturated rings. The predicted molar refractivity (Wildman–Crippen MR) is 43.4 cm³/mol. The van der Waals surface area contributed by atoms with Gasteiger partial charge < -0.3 is 0 Å². The van der Waals surface area contributed by atoms with E-state index in [1.54, 1.807) is 0 Å². The van der Waals surface area contributed by atoms with Crippen LogP contribution in [0.4, 0.5) is 0 Å². The highest BCUT2D eigenvalue weighted by Crippen LogP contribution is 2.18. The second kappa shape index (κ2) is 3.71. The molecule has 1 atom stereocenters. The summed E-state index contributed by atoms with van der Waals surface area (Å²) in [6, 6.07) is 0. The molecular formula is C9H18. The van der Waals surface area contributed by atoms with Crippen molar-refractivity contribution in [2.24, 2.45) is 11.8 Å². The van der Waals surface area contributed by atoms with Crippen molar-refractivity contribution in [3.05, 3.63) is 11.6 Å². The van der Waals surface area contributed by atoms with Crippen LogP contribution in [0.3, 0.4) is 0 Å². The van der Waals surface area contributed by atoms with Crippen LogP contribution in [-0.2, 0) is 0 Å². The Morgan fingerprint density at radius 3 is 1.78 bits per heavy atom. The van der Waals surface area contributed by atoms with E-state index in [-0.39, 0.29) is 0 Å². The van der Waals surface area contributed by atoms with Crippen molar-refractivity contribution in [2.45, 2.75) is 34.6 Å². The topological polar surface area (TPSA) is 0 Å². The molecule has 0 bridgehead atoms. The zero-order chi connectivity index (χ0) is 7.44. The molecule has 0 aromatic rings. The van der Waals surface area contributed by atoms with Crippen LogP contribution in [0.2, 0.25) is 0 Å². The van der Waals surface area contributed by atoms with Gasteiger partial charge >= 0.3 is 0 Å². The summed E-state index contributed by atoms with van der Waals surface area (Å²) in [4.78, 5) is 0. The molecule has 0 heteroatoms. The van der Waals surface area contributed by atoms with Gasteiger partial charge in [0.05, 0.1) is 0 Å². The SMILES string of the molecule is C/C=C(\C)[C@@H](C)C(C)C. The van der Waals surface area contributed by atoms with Gasteiger partial charge in [0.25, 0.3) is 0 Å². The third-order valence-electron chi connectivity index (χ3n) is 2.17. The first kappa shape index (κ1) is 8.74. The van der Waals surface area contributed by atoms with Crippen LogP contribution in [-0.4, -0.2) is 0 Å². The number of hydrogen-bond donors (Lipinski definition) is 0. The fourth-order valence-electron chi connectivity index (χ4n) is 0.789. The minimum Gasteiger partial charge on any atom is -0.0885 e. The van der Waals surface area contributed by atoms with Crippen LogP contribution in [0.15, 0.2) is 11.6 Å².